The van der Waals surface area contributed by atoms with Gasteiger partial charge in [0.15, 0.2) is 0 Å². The highest BCUT2D eigenvalue weighted by Gasteiger charge is 2.37. The predicted molar refractivity (Wildman–Crippen MR) is 133 cm³/mol. The zero-order valence-corrected chi connectivity index (χ0v) is 20.7. The third kappa shape index (κ3) is 7.56. The minimum atomic E-state index is -1.48. The number of ketones is 1. The van der Waals surface area contributed by atoms with E-state index in [1.807, 2.05) is 0 Å². The van der Waals surface area contributed by atoms with Crippen LogP contribution in [-0.2, 0) is 28.8 Å². The number of carboxylic acid groups (broad SMARTS) is 2. The number of nitrogens with zero attached hydrogens (tertiary/aromatic N) is 2. The molecule has 206 valence electrons. The molecule has 14 nitrogen and oxygen atoms in total. The first-order valence-electron chi connectivity index (χ1n) is 12.1. The lowest BCUT2D eigenvalue weighted by Gasteiger charge is -2.23. The normalized spacial score (nSPS) is 15.3. The number of amides is 4. The van der Waals surface area contributed by atoms with Crippen molar-refractivity contribution in [3.63, 3.8) is 0 Å². The van der Waals surface area contributed by atoms with Crippen LogP contribution < -0.4 is 16.0 Å². The molecule has 1 fully saturated rings. The van der Waals surface area contributed by atoms with Gasteiger partial charge in [0.2, 0.25) is 17.6 Å². The molecule has 5 N–H and O–H groups in total. The summed E-state index contributed by atoms with van der Waals surface area (Å²) >= 11 is 0. The molecule has 1 aromatic heterocycles. The van der Waals surface area contributed by atoms with Crippen LogP contribution in [0.25, 0.3) is 10.9 Å². The van der Waals surface area contributed by atoms with Crippen molar-refractivity contribution in [2.75, 3.05) is 19.6 Å². The van der Waals surface area contributed by atoms with Gasteiger partial charge in [0.1, 0.15) is 12.1 Å². The van der Waals surface area contributed by atoms with Crippen LogP contribution in [0.5, 0.6) is 0 Å². The maximum atomic E-state index is 12.8. The van der Waals surface area contributed by atoms with E-state index in [1.165, 1.54) is 17.2 Å². The predicted octanol–water partition coefficient (Wildman–Crippen LogP) is -0.925. The van der Waals surface area contributed by atoms with Crippen LogP contribution in [0.2, 0.25) is 0 Å². The van der Waals surface area contributed by atoms with Crippen molar-refractivity contribution in [1.29, 1.82) is 0 Å². The Morgan fingerprint density at radius 2 is 1.74 bits per heavy atom. The van der Waals surface area contributed by atoms with E-state index in [0.29, 0.717) is 22.9 Å². The maximum absolute atomic E-state index is 12.8. The Labute approximate surface area is 221 Å². The van der Waals surface area contributed by atoms with Gasteiger partial charge >= 0.3 is 11.9 Å². The lowest BCUT2D eigenvalue weighted by molar-refractivity contribution is -0.144. The van der Waals surface area contributed by atoms with Crippen LogP contribution in [0.3, 0.4) is 0 Å². The van der Waals surface area contributed by atoms with Gasteiger partial charge in [-0.05, 0) is 31.4 Å². The van der Waals surface area contributed by atoms with E-state index in [2.05, 4.69) is 20.9 Å². The van der Waals surface area contributed by atoms with Crippen LogP contribution in [0, 0.1) is 0 Å². The Morgan fingerprint density at radius 3 is 2.46 bits per heavy atom. The summed E-state index contributed by atoms with van der Waals surface area (Å²) in [5.74, 6) is -6.78. The number of aliphatic carboxylic acids is 2. The van der Waals surface area contributed by atoms with Gasteiger partial charge in [0, 0.05) is 24.5 Å². The summed E-state index contributed by atoms with van der Waals surface area (Å²) in [6.07, 6.45) is 1.28. The van der Waals surface area contributed by atoms with Gasteiger partial charge in [-0.15, -0.1) is 0 Å². The minimum absolute atomic E-state index is 0.195. The summed E-state index contributed by atoms with van der Waals surface area (Å²) in [4.78, 5) is 89.8. The number of para-hydroxylation sites is 1. The van der Waals surface area contributed by atoms with Gasteiger partial charge in [0.05, 0.1) is 24.2 Å². The zero-order chi connectivity index (χ0) is 28.5. The number of carboxylic acids is 2. The molecule has 3 rings (SSSR count). The van der Waals surface area contributed by atoms with Crippen LogP contribution in [-0.4, -0.2) is 93.2 Å². The van der Waals surface area contributed by atoms with Gasteiger partial charge in [-0.1, -0.05) is 18.2 Å². The Bertz CT molecular complexity index is 1310. The number of pyridine rings is 1. The maximum Gasteiger partial charge on any atom is 0.326 e. The highest BCUT2D eigenvalue weighted by Crippen LogP contribution is 2.19. The Hall–Kier alpha value is -4.88. The van der Waals surface area contributed by atoms with Gasteiger partial charge in [-0.25, -0.2) is 4.79 Å². The highest BCUT2D eigenvalue weighted by atomic mass is 16.4. The van der Waals surface area contributed by atoms with Gasteiger partial charge in [0.25, 0.3) is 11.8 Å². The topological polar surface area (TPSA) is 212 Å². The molecule has 0 spiro atoms. The second kappa shape index (κ2) is 13.1. The molecule has 2 heterocycles. The van der Waals surface area contributed by atoms with E-state index in [1.54, 1.807) is 24.3 Å². The molecule has 39 heavy (non-hydrogen) atoms. The number of hydrogen-bond donors (Lipinski definition) is 5. The molecule has 0 aliphatic carbocycles. The Kier molecular flexibility index (Phi) is 9.62. The number of fused-ring (bicyclic) bond motifs is 1. The van der Waals surface area contributed by atoms with Crippen LogP contribution >= 0.6 is 0 Å². The average Bonchev–Trinajstić information content (AvgIpc) is 3.41. The monoisotopic (exact) mass is 541 g/mol. The van der Waals surface area contributed by atoms with Crippen molar-refractivity contribution in [3.8, 4) is 0 Å². The van der Waals surface area contributed by atoms with E-state index in [9.17, 15) is 33.6 Å². The molecule has 1 unspecified atom stereocenters. The van der Waals surface area contributed by atoms with Crippen molar-refractivity contribution < 1.29 is 43.8 Å². The third-order valence-corrected chi connectivity index (χ3v) is 6.08. The molecule has 0 bridgehead atoms. The van der Waals surface area contributed by atoms with Crippen molar-refractivity contribution in [3.05, 3.63) is 42.1 Å². The van der Waals surface area contributed by atoms with E-state index >= 15 is 0 Å². The number of carbonyl (C=O) groups excluding carboxylic acids is 5. The molecule has 1 aromatic carbocycles. The average molecular weight is 542 g/mol. The lowest BCUT2D eigenvalue weighted by Crippen LogP contribution is -2.51. The Morgan fingerprint density at radius 1 is 1.00 bits per heavy atom. The highest BCUT2D eigenvalue weighted by molar-refractivity contribution is 6.38. The van der Waals surface area contributed by atoms with Crippen LogP contribution in [0.1, 0.15) is 36.0 Å². The van der Waals surface area contributed by atoms with Crippen molar-refractivity contribution >= 4 is 52.3 Å². The second-order valence-electron chi connectivity index (χ2n) is 8.74. The van der Waals surface area contributed by atoms with Crippen molar-refractivity contribution in [2.24, 2.45) is 0 Å². The van der Waals surface area contributed by atoms with E-state index < -0.39 is 72.9 Å². The van der Waals surface area contributed by atoms with Gasteiger partial charge in [-0.3, -0.25) is 33.8 Å². The number of Topliss-reactive ketones (excluding diaryl/α,β-unsaturated/α-hetero) is 1. The number of hydrogen-bond acceptors (Lipinski definition) is 8. The van der Waals surface area contributed by atoms with Crippen molar-refractivity contribution in [1.82, 2.24) is 25.8 Å². The summed E-state index contributed by atoms with van der Waals surface area (Å²) in [5.41, 5.74) is 0.938. The second-order valence-corrected chi connectivity index (χ2v) is 8.74. The molecule has 0 radical (unpaired) electrons. The molecule has 1 aliphatic heterocycles. The van der Waals surface area contributed by atoms with Crippen LogP contribution in [0.4, 0.5) is 0 Å². The summed E-state index contributed by atoms with van der Waals surface area (Å²) in [6.45, 7) is -0.935. The van der Waals surface area contributed by atoms with Crippen molar-refractivity contribution in [2.45, 2.75) is 37.8 Å². The molecule has 1 saturated heterocycles. The standard InChI is InChI=1S/C25H27N5O9/c31-19(29-17(25(38)39)7-8-21(33)34)12-27-24(37)22(35)18-6-3-11-30(18)20(32)13-28-23(36)15-9-10-26-16-5-2-1-4-14(15)16/h1-2,4-5,9-10,17-18H,3,6-8,11-13H2,(H,27,37)(H,28,36)(H,29,31)(H,33,34)(H,38,39)/t17?,18-/m0/s1. The lowest BCUT2D eigenvalue weighted by atomic mass is 10.1. The van der Waals surface area contributed by atoms with E-state index in [-0.39, 0.29) is 19.4 Å². The van der Waals surface area contributed by atoms with Gasteiger partial charge < -0.3 is 31.1 Å². The number of likely N-dealkylation sites (tertiary alicyclic amines) is 1. The molecule has 0 saturated carbocycles. The molecule has 1 aliphatic rings. The minimum Gasteiger partial charge on any atom is -0.481 e. The Balaban J connectivity index is 1.52. The first kappa shape index (κ1) is 28.7. The molecular formula is C25H27N5O9. The SMILES string of the molecule is O=C(O)CCC(NC(=O)CNC(=O)C(=O)[C@@H]1CCCN1C(=O)CNC(=O)c1ccnc2ccccc12)C(=O)O. The largest absolute Gasteiger partial charge is 0.481 e. The van der Waals surface area contributed by atoms with Gasteiger partial charge in [-0.2, -0.15) is 0 Å². The quantitative estimate of drug-likeness (QED) is 0.208. The first-order valence-corrected chi connectivity index (χ1v) is 12.1. The third-order valence-electron chi connectivity index (χ3n) is 6.08. The summed E-state index contributed by atoms with van der Waals surface area (Å²) in [5, 5.41) is 25.1. The van der Waals surface area contributed by atoms with E-state index in [0.717, 1.165) is 0 Å². The fourth-order valence-corrected chi connectivity index (χ4v) is 4.15. The molecular weight excluding hydrogens is 514 g/mol. The van der Waals surface area contributed by atoms with E-state index in [4.69, 9.17) is 10.2 Å². The first-order chi connectivity index (χ1) is 18.6. The number of benzene rings is 1. The fourth-order valence-electron chi connectivity index (χ4n) is 4.15. The zero-order valence-electron chi connectivity index (χ0n) is 20.7. The van der Waals surface area contributed by atoms with Crippen LogP contribution in [0.15, 0.2) is 36.5 Å². The summed E-state index contributed by atoms with van der Waals surface area (Å²) < 4.78 is 0. The number of carbonyl (C=O) groups is 7. The molecule has 14 heteroatoms. The summed E-state index contributed by atoms with van der Waals surface area (Å²) in [7, 11) is 0. The summed E-state index contributed by atoms with van der Waals surface area (Å²) in [6, 6.07) is 5.97. The molecule has 4 amide bonds. The molecule has 2 aromatic rings. The number of rotatable bonds is 12. The number of aromatic nitrogens is 1. The fraction of sp³-hybridized carbons (Fsp3) is 0.360. The number of nitrogens with one attached hydrogen (secondary N) is 3. The molecule has 2 atom stereocenters. The smallest absolute Gasteiger partial charge is 0.326 e.